The topological polar surface area (TPSA) is 134 Å². The molecule has 2 saturated carbocycles. The Morgan fingerprint density at radius 2 is 1.92 bits per heavy atom. The smallest absolute Gasteiger partial charge is 0.339 e. The lowest BCUT2D eigenvalue weighted by atomic mass is 9.37. The van der Waals surface area contributed by atoms with Crippen LogP contribution in [0.3, 0.4) is 0 Å². The summed E-state index contributed by atoms with van der Waals surface area (Å²) in [4.78, 5) is 38.3. The van der Waals surface area contributed by atoms with Gasteiger partial charge in [-0.1, -0.05) is 19.9 Å². The van der Waals surface area contributed by atoms with E-state index in [1.165, 1.54) is 26.4 Å². The van der Waals surface area contributed by atoms with Crippen LogP contribution < -0.4 is 0 Å². The Balaban J connectivity index is 1.58. The molecular weight excluding hydrogens is 508 g/mol. The highest BCUT2D eigenvalue weighted by molar-refractivity contribution is 5.83. The average Bonchev–Trinajstić information content (AvgIpc) is 3.33. The van der Waals surface area contributed by atoms with E-state index in [0.29, 0.717) is 18.4 Å². The van der Waals surface area contributed by atoms with E-state index in [0.717, 1.165) is 0 Å². The van der Waals surface area contributed by atoms with Gasteiger partial charge in [0.1, 0.15) is 17.8 Å². The lowest BCUT2D eigenvalue weighted by molar-refractivity contribution is -0.271. The minimum Gasteiger partial charge on any atom is -0.472 e. The SMILES string of the molecule is COC(=O)C=C[C@]12COC(C)(C)[C@H]1[C@H](O)[C@H](OC(C)=O)[C@@]1(C)[C@H]2CC[C@]2(C)[C@@H](c3ccoc3)OC(=O)[C@@H]3O[C@]312. The maximum absolute atomic E-state index is 13.4. The summed E-state index contributed by atoms with van der Waals surface area (Å²) in [5, 5.41) is 12.1. The summed E-state index contributed by atoms with van der Waals surface area (Å²) in [7, 11) is 1.31. The molecule has 0 unspecified atom stereocenters. The Labute approximate surface area is 226 Å². The van der Waals surface area contributed by atoms with Crippen LogP contribution >= 0.6 is 0 Å². The first-order valence-electron chi connectivity index (χ1n) is 13.5. The third-order valence-electron chi connectivity index (χ3n) is 10.8. The molecule has 10 nitrogen and oxygen atoms in total. The van der Waals surface area contributed by atoms with Crippen molar-refractivity contribution in [2.75, 3.05) is 13.7 Å². The summed E-state index contributed by atoms with van der Waals surface area (Å²) in [6.07, 6.45) is 3.78. The van der Waals surface area contributed by atoms with E-state index in [4.69, 9.17) is 28.1 Å². The van der Waals surface area contributed by atoms with Crippen molar-refractivity contribution in [3.05, 3.63) is 36.3 Å². The summed E-state index contributed by atoms with van der Waals surface area (Å²) in [6, 6.07) is 1.78. The minimum atomic E-state index is -1.18. The number of cyclic esters (lactones) is 1. The Hall–Kier alpha value is -2.69. The number of aliphatic hydroxyl groups excluding tert-OH is 1. The van der Waals surface area contributed by atoms with Crippen LogP contribution in [0.2, 0.25) is 0 Å². The van der Waals surface area contributed by atoms with Crippen molar-refractivity contribution >= 4 is 17.9 Å². The van der Waals surface area contributed by atoms with Crippen molar-refractivity contribution in [2.24, 2.45) is 28.1 Å². The first kappa shape index (κ1) is 26.5. The quantitative estimate of drug-likeness (QED) is 0.261. The van der Waals surface area contributed by atoms with Crippen LogP contribution in [0.4, 0.5) is 0 Å². The van der Waals surface area contributed by atoms with Crippen LogP contribution in [0.1, 0.15) is 59.1 Å². The summed E-state index contributed by atoms with van der Waals surface area (Å²) < 4.78 is 35.0. The molecule has 6 rings (SSSR count). The first-order valence-corrected chi connectivity index (χ1v) is 13.5. The van der Waals surface area contributed by atoms with Gasteiger partial charge < -0.3 is 33.2 Å². The summed E-state index contributed by atoms with van der Waals surface area (Å²) in [5.41, 5.74) is -3.82. The van der Waals surface area contributed by atoms with Crippen LogP contribution in [0.15, 0.2) is 35.2 Å². The molecule has 0 bridgehead atoms. The van der Waals surface area contributed by atoms with Gasteiger partial charge >= 0.3 is 17.9 Å². The standard InChI is InChI=1S/C29H36O10/c1-15(30)37-22-19(32)20-25(2,3)36-14-28(20,11-8-18(31)34-6)17-7-10-26(4)21(16-9-12-35-13-16)38-24(33)23-29(26,39-23)27(17,22)5/h8-9,11-13,17,19-23,32H,7,10,14H2,1-6H3/t17-,19+,20-,21-,22+,23+,26-,27-,28-,29+/m1/s1. The van der Waals surface area contributed by atoms with Gasteiger partial charge in [0.15, 0.2) is 6.10 Å². The number of hydrogen-bond donors (Lipinski definition) is 1. The van der Waals surface area contributed by atoms with Gasteiger partial charge in [0, 0.05) is 40.7 Å². The van der Waals surface area contributed by atoms with Crippen LogP contribution in [-0.2, 0) is 38.1 Å². The van der Waals surface area contributed by atoms with Crippen molar-refractivity contribution in [3.63, 3.8) is 0 Å². The zero-order valence-corrected chi connectivity index (χ0v) is 23.1. The van der Waals surface area contributed by atoms with Crippen molar-refractivity contribution in [2.45, 2.75) is 83.1 Å². The highest BCUT2D eigenvalue weighted by atomic mass is 16.7. The largest absolute Gasteiger partial charge is 0.472 e. The zero-order chi connectivity index (χ0) is 28.2. The third kappa shape index (κ3) is 3.11. The molecule has 2 aliphatic carbocycles. The van der Waals surface area contributed by atoms with Crippen molar-refractivity contribution in [1.82, 2.24) is 0 Å². The molecule has 1 aromatic rings. The van der Waals surface area contributed by atoms with Crippen LogP contribution in [0.5, 0.6) is 0 Å². The third-order valence-corrected chi connectivity index (χ3v) is 10.8. The number of aliphatic hydroxyl groups is 1. The van der Waals surface area contributed by atoms with E-state index in [1.807, 2.05) is 27.7 Å². The van der Waals surface area contributed by atoms with Crippen molar-refractivity contribution < 1.29 is 47.6 Å². The molecule has 0 radical (unpaired) electrons. The maximum Gasteiger partial charge on any atom is 0.339 e. The maximum atomic E-state index is 13.4. The fourth-order valence-electron chi connectivity index (χ4n) is 9.39. The van der Waals surface area contributed by atoms with E-state index in [9.17, 15) is 19.5 Å². The Bertz CT molecular complexity index is 1240. The van der Waals surface area contributed by atoms with E-state index < -0.39 is 75.7 Å². The Kier molecular flexibility index (Phi) is 5.56. The fourth-order valence-corrected chi connectivity index (χ4v) is 9.39. The summed E-state index contributed by atoms with van der Waals surface area (Å²) in [5.74, 6) is -2.38. The second-order valence-corrected chi connectivity index (χ2v) is 12.8. The molecular formula is C29H36O10. The highest BCUT2D eigenvalue weighted by Crippen LogP contribution is 2.80. The highest BCUT2D eigenvalue weighted by Gasteiger charge is 2.90. The van der Waals surface area contributed by atoms with Crippen molar-refractivity contribution in [1.29, 1.82) is 0 Å². The number of furan rings is 1. The molecule has 10 heteroatoms. The molecule has 0 amide bonds. The van der Waals surface area contributed by atoms with Gasteiger partial charge in [0.05, 0.1) is 37.9 Å². The predicted octanol–water partition coefficient (Wildman–Crippen LogP) is 2.88. The van der Waals surface area contributed by atoms with E-state index >= 15 is 0 Å². The lowest BCUT2D eigenvalue weighted by Gasteiger charge is -2.67. The molecule has 1 aromatic heterocycles. The second kappa shape index (κ2) is 8.17. The van der Waals surface area contributed by atoms with Gasteiger partial charge in [-0.25, -0.2) is 9.59 Å². The molecule has 5 aliphatic rings. The Morgan fingerprint density at radius 1 is 1.18 bits per heavy atom. The number of ether oxygens (including phenoxy) is 5. The molecule has 212 valence electrons. The van der Waals surface area contributed by atoms with Gasteiger partial charge in [-0.2, -0.15) is 0 Å². The molecule has 39 heavy (non-hydrogen) atoms. The Morgan fingerprint density at radius 3 is 2.56 bits per heavy atom. The van der Waals surface area contributed by atoms with Crippen LogP contribution in [-0.4, -0.2) is 66.2 Å². The molecule has 0 aromatic carbocycles. The van der Waals surface area contributed by atoms with Crippen LogP contribution in [0.25, 0.3) is 0 Å². The number of carbonyl (C=O) groups excluding carboxylic acids is 3. The molecule has 1 spiro atoms. The van der Waals surface area contributed by atoms with Gasteiger partial charge in [-0.3, -0.25) is 4.79 Å². The molecule has 3 saturated heterocycles. The first-order chi connectivity index (χ1) is 18.3. The molecule has 10 atom stereocenters. The van der Waals surface area contributed by atoms with Gasteiger partial charge in [-0.05, 0) is 38.7 Å². The number of carbonyl (C=O) groups is 3. The van der Waals surface area contributed by atoms with E-state index in [1.54, 1.807) is 18.4 Å². The van der Waals surface area contributed by atoms with Crippen LogP contribution in [0, 0.1) is 28.1 Å². The number of rotatable bonds is 4. The number of epoxide rings is 1. The van der Waals surface area contributed by atoms with E-state index in [2.05, 4.69) is 0 Å². The predicted molar refractivity (Wildman–Crippen MR) is 133 cm³/mol. The lowest BCUT2D eigenvalue weighted by Crippen LogP contribution is -2.75. The van der Waals surface area contributed by atoms with Crippen molar-refractivity contribution in [3.8, 4) is 0 Å². The van der Waals surface area contributed by atoms with Gasteiger partial charge in [0.25, 0.3) is 0 Å². The molecule has 1 N–H and O–H groups in total. The number of esters is 3. The normalized spacial score (nSPS) is 47.3. The summed E-state index contributed by atoms with van der Waals surface area (Å²) >= 11 is 0. The number of fused-ring (bicyclic) bond motifs is 3. The van der Waals surface area contributed by atoms with E-state index in [-0.39, 0.29) is 12.5 Å². The van der Waals surface area contributed by atoms with Gasteiger partial charge in [-0.15, -0.1) is 0 Å². The number of methoxy groups -OCH3 is 1. The molecule has 3 aliphatic heterocycles. The zero-order valence-electron chi connectivity index (χ0n) is 23.1. The van der Waals surface area contributed by atoms with Gasteiger partial charge in [0.2, 0.25) is 0 Å². The molecule has 5 fully saturated rings. The molecule has 4 heterocycles. The summed E-state index contributed by atoms with van der Waals surface area (Å²) in [6.45, 7) is 9.33. The fraction of sp³-hybridized carbons (Fsp3) is 0.690. The number of hydrogen-bond acceptors (Lipinski definition) is 10. The minimum absolute atomic E-state index is 0.231. The second-order valence-electron chi connectivity index (χ2n) is 12.8. The monoisotopic (exact) mass is 544 g/mol. The average molecular weight is 545 g/mol.